The largest absolute Gasteiger partial charge is 0.418 e. The molecule has 2 aromatic carbocycles. The fourth-order valence-corrected chi connectivity index (χ4v) is 4.33. The van der Waals surface area contributed by atoms with Gasteiger partial charge in [0.1, 0.15) is 0 Å². The van der Waals surface area contributed by atoms with Crippen LogP contribution in [0.2, 0.25) is 0 Å². The number of nitrogens with zero attached hydrogens (tertiary/aromatic N) is 2. The van der Waals surface area contributed by atoms with Gasteiger partial charge in [-0.2, -0.15) is 13.2 Å². The smallest absolute Gasteiger partial charge is 0.383 e. The maximum atomic E-state index is 13.5. The number of likely N-dealkylation sites (tertiary alicyclic amines) is 1. The van der Waals surface area contributed by atoms with Crippen LogP contribution in [0.25, 0.3) is 5.57 Å². The first-order valence-corrected chi connectivity index (χ1v) is 10.6. The highest BCUT2D eigenvalue weighted by molar-refractivity contribution is 6.34. The van der Waals surface area contributed by atoms with Crippen molar-refractivity contribution in [2.24, 2.45) is 0 Å². The average molecular weight is 445 g/mol. The van der Waals surface area contributed by atoms with E-state index in [4.69, 9.17) is 4.74 Å². The van der Waals surface area contributed by atoms with Gasteiger partial charge >= 0.3 is 6.18 Å². The molecule has 32 heavy (non-hydrogen) atoms. The highest BCUT2D eigenvalue weighted by Gasteiger charge is 2.40. The third-order valence-electron chi connectivity index (χ3n) is 6.04. The van der Waals surface area contributed by atoms with Crippen molar-refractivity contribution in [2.75, 3.05) is 43.6 Å². The molecule has 5 nitrogen and oxygen atoms in total. The molecule has 0 aliphatic carbocycles. The summed E-state index contributed by atoms with van der Waals surface area (Å²) in [5, 5.41) is 3.50. The number of fused-ring (bicyclic) bond motifs is 1. The molecule has 0 unspecified atom stereocenters. The minimum atomic E-state index is -4.57. The monoisotopic (exact) mass is 445 g/mol. The lowest BCUT2D eigenvalue weighted by atomic mass is 10.0. The van der Waals surface area contributed by atoms with Crippen LogP contribution in [0.3, 0.4) is 0 Å². The Labute approximate surface area is 185 Å². The first-order chi connectivity index (χ1) is 15.3. The van der Waals surface area contributed by atoms with Crippen molar-refractivity contribution < 1.29 is 22.7 Å². The Bertz CT molecular complexity index is 1010. The quantitative estimate of drug-likeness (QED) is 0.641. The predicted molar refractivity (Wildman–Crippen MR) is 119 cm³/mol. The number of piperidine rings is 1. The number of para-hydroxylation sites is 1. The van der Waals surface area contributed by atoms with Gasteiger partial charge < -0.3 is 15.0 Å². The number of methoxy groups -OCH3 is 1. The second-order valence-electron chi connectivity index (χ2n) is 8.12. The molecule has 2 heterocycles. The topological polar surface area (TPSA) is 44.8 Å². The van der Waals surface area contributed by atoms with Crippen molar-refractivity contribution in [1.29, 1.82) is 0 Å². The Morgan fingerprint density at radius 3 is 2.53 bits per heavy atom. The molecule has 2 aliphatic heterocycles. The highest BCUT2D eigenvalue weighted by Crippen LogP contribution is 2.46. The van der Waals surface area contributed by atoms with Gasteiger partial charge in [0.05, 0.1) is 23.5 Å². The number of anilines is 3. The Morgan fingerprint density at radius 1 is 1.12 bits per heavy atom. The molecule has 0 bridgehead atoms. The van der Waals surface area contributed by atoms with E-state index in [1.807, 2.05) is 12.1 Å². The molecule has 4 rings (SSSR count). The number of carbonyl (C=O) groups is 1. The maximum Gasteiger partial charge on any atom is 0.418 e. The Hall–Kier alpha value is -2.84. The Morgan fingerprint density at radius 2 is 1.84 bits per heavy atom. The molecule has 1 N–H and O–H groups in total. The maximum absolute atomic E-state index is 13.5. The van der Waals surface area contributed by atoms with Gasteiger partial charge in [-0.25, -0.2) is 0 Å². The summed E-state index contributed by atoms with van der Waals surface area (Å²) in [4.78, 5) is 16.4. The summed E-state index contributed by atoms with van der Waals surface area (Å²) in [5.74, 6) is -0.541. The van der Waals surface area contributed by atoms with Crippen LogP contribution in [0.15, 0.2) is 49.0 Å². The first kappa shape index (κ1) is 22.4. The zero-order valence-electron chi connectivity index (χ0n) is 17.9. The van der Waals surface area contributed by atoms with Crippen molar-refractivity contribution in [3.8, 4) is 0 Å². The van der Waals surface area contributed by atoms with E-state index in [0.29, 0.717) is 23.9 Å². The van der Waals surface area contributed by atoms with Crippen LogP contribution < -0.4 is 10.2 Å². The molecule has 0 saturated carbocycles. The Balaban J connectivity index is 1.54. The summed E-state index contributed by atoms with van der Waals surface area (Å²) in [7, 11) is 1.70. The number of benzene rings is 2. The molecule has 1 saturated heterocycles. The molecular formula is C24H26F3N3O2. The van der Waals surface area contributed by atoms with Gasteiger partial charge in [-0.1, -0.05) is 18.7 Å². The highest BCUT2D eigenvalue weighted by atomic mass is 19.4. The molecule has 2 aliphatic rings. The molecule has 8 heteroatoms. The number of carbonyl (C=O) groups excluding carboxylic acids is 1. The lowest BCUT2D eigenvalue weighted by molar-refractivity contribution is -0.137. The molecule has 1 fully saturated rings. The molecule has 0 spiro atoms. The van der Waals surface area contributed by atoms with Crippen LogP contribution in [-0.2, 0) is 15.7 Å². The van der Waals surface area contributed by atoms with Gasteiger partial charge in [-0.15, -0.1) is 0 Å². The third kappa shape index (κ3) is 4.38. The molecule has 0 radical (unpaired) electrons. The van der Waals surface area contributed by atoms with E-state index in [-0.39, 0.29) is 11.3 Å². The number of ether oxygens (including phenoxy) is 1. The summed E-state index contributed by atoms with van der Waals surface area (Å²) >= 11 is 0. The van der Waals surface area contributed by atoms with Gasteiger partial charge in [0.25, 0.3) is 5.91 Å². The van der Waals surface area contributed by atoms with Crippen LogP contribution in [0.4, 0.5) is 30.2 Å². The third-order valence-corrected chi connectivity index (χ3v) is 6.04. The van der Waals surface area contributed by atoms with E-state index in [1.54, 1.807) is 13.2 Å². The number of halogens is 3. The normalized spacial score (nSPS) is 17.7. The molecule has 0 atom stereocenters. The van der Waals surface area contributed by atoms with Gasteiger partial charge in [0, 0.05) is 49.6 Å². The second-order valence-corrected chi connectivity index (χ2v) is 8.12. The molecule has 0 aromatic heterocycles. The minimum absolute atomic E-state index is 0.186. The van der Waals surface area contributed by atoms with Crippen molar-refractivity contribution in [3.63, 3.8) is 0 Å². The van der Waals surface area contributed by atoms with E-state index in [9.17, 15) is 18.0 Å². The van der Waals surface area contributed by atoms with E-state index in [1.165, 1.54) is 18.2 Å². The van der Waals surface area contributed by atoms with Crippen LogP contribution in [0.5, 0.6) is 0 Å². The summed E-state index contributed by atoms with van der Waals surface area (Å²) in [6.07, 6.45) is -2.61. The van der Waals surface area contributed by atoms with E-state index >= 15 is 0 Å². The number of hydrogen-bond acceptors (Lipinski definition) is 4. The summed E-state index contributed by atoms with van der Waals surface area (Å²) in [6, 6.07) is 10.7. The predicted octanol–water partition coefficient (Wildman–Crippen LogP) is 4.92. The lowest BCUT2D eigenvalue weighted by Gasteiger charge is -2.32. The SMILES string of the molecule is C=C1C(=O)N(c2ccccc2C(F)(F)F)c2ccc(NC3CCN(CCOC)CC3)cc21. The minimum Gasteiger partial charge on any atom is -0.383 e. The summed E-state index contributed by atoms with van der Waals surface area (Å²) in [5.41, 5.74) is 0.950. The van der Waals surface area contributed by atoms with Crippen LogP contribution in [-0.4, -0.2) is 50.2 Å². The van der Waals surface area contributed by atoms with Gasteiger partial charge in [0.15, 0.2) is 0 Å². The standard InChI is InChI=1S/C24H26F3N3O2/c1-16-19-15-18(28-17-9-11-29(12-10-17)13-14-32-2)7-8-21(19)30(23(16)31)22-6-4-3-5-20(22)24(25,26)27/h3-8,15,17,28H,1,9-14H2,2H3. The lowest BCUT2D eigenvalue weighted by Crippen LogP contribution is -2.40. The summed E-state index contributed by atoms with van der Waals surface area (Å²) < 4.78 is 45.8. The fourth-order valence-electron chi connectivity index (χ4n) is 4.33. The number of amides is 1. The van der Waals surface area contributed by atoms with Crippen molar-refractivity contribution in [2.45, 2.75) is 25.1 Å². The van der Waals surface area contributed by atoms with Gasteiger partial charge in [0.2, 0.25) is 0 Å². The Kier molecular flexibility index (Phi) is 6.26. The number of hydrogen-bond donors (Lipinski definition) is 1. The average Bonchev–Trinajstić information content (AvgIpc) is 3.02. The van der Waals surface area contributed by atoms with Crippen molar-refractivity contribution >= 4 is 28.5 Å². The first-order valence-electron chi connectivity index (χ1n) is 10.6. The van der Waals surface area contributed by atoms with E-state index < -0.39 is 17.6 Å². The number of alkyl halides is 3. The molecule has 1 amide bonds. The fraction of sp³-hybridized carbons (Fsp3) is 0.375. The van der Waals surface area contributed by atoms with Crippen LogP contribution in [0, 0.1) is 0 Å². The molecular weight excluding hydrogens is 419 g/mol. The molecule has 170 valence electrons. The van der Waals surface area contributed by atoms with E-state index in [2.05, 4.69) is 16.8 Å². The molecule has 2 aromatic rings. The van der Waals surface area contributed by atoms with Crippen molar-refractivity contribution in [3.05, 3.63) is 60.2 Å². The van der Waals surface area contributed by atoms with E-state index in [0.717, 1.165) is 49.1 Å². The number of nitrogens with one attached hydrogen (secondary N) is 1. The number of rotatable bonds is 6. The van der Waals surface area contributed by atoms with Gasteiger partial charge in [-0.05, 0) is 43.2 Å². The zero-order valence-corrected chi connectivity index (χ0v) is 17.9. The van der Waals surface area contributed by atoms with Crippen molar-refractivity contribution in [1.82, 2.24) is 4.90 Å². The van der Waals surface area contributed by atoms with Crippen LogP contribution >= 0.6 is 0 Å². The second kappa shape index (κ2) is 8.96. The summed E-state index contributed by atoms with van der Waals surface area (Å²) in [6.45, 7) is 7.43. The van der Waals surface area contributed by atoms with Crippen LogP contribution in [0.1, 0.15) is 24.0 Å². The zero-order chi connectivity index (χ0) is 22.9. The van der Waals surface area contributed by atoms with Gasteiger partial charge in [-0.3, -0.25) is 9.69 Å².